The van der Waals surface area contributed by atoms with Crippen molar-refractivity contribution in [2.75, 3.05) is 5.75 Å². The van der Waals surface area contributed by atoms with Gasteiger partial charge in [-0.15, -0.1) is 0 Å². The molecule has 1 atom stereocenters. The molecule has 1 fully saturated rings. The Morgan fingerprint density at radius 1 is 1.37 bits per heavy atom. The standard InChI is InChI=1S/C14H13N3OS/c15-9-10-4-3-5-11(8-10)14-16-13(17-18-14)12-6-1-2-7-19-12/h3-5,8,12H,1-2,6-7H2. The fourth-order valence-electron chi connectivity index (χ4n) is 2.15. The maximum atomic E-state index is 8.90. The number of thioether (sulfide) groups is 1. The van der Waals surface area contributed by atoms with Crippen molar-refractivity contribution in [1.29, 1.82) is 5.26 Å². The molecule has 96 valence electrons. The van der Waals surface area contributed by atoms with Gasteiger partial charge in [0.2, 0.25) is 0 Å². The Bertz CT molecular complexity index is 611. The molecule has 2 aromatic rings. The quantitative estimate of drug-likeness (QED) is 0.835. The van der Waals surface area contributed by atoms with Crippen LogP contribution in [0.25, 0.3) is 11.5 Å². The second kappa shape index (κ2) is 5.45. The molecule has 1 unspecified atom stereocenters. The highest BCUT2D eigenvalue weighted by Crippen LogP contribution is 2.37. The Labute approximate surface area is 115 Å². The summed E-state index contributed by atoms with van der Waals surface area (Å²) in [6.07, 6.45) is 3.61. The van der Waals surface area contributed by atoms with Crippen molar-refractivity contribution in [3.8, 4) is 17.5 Å². The molecule has 0 amide bonds. The van der Waals surface area contributed by atoms with E-state index in [2.05, 4.69) is 16.2 Å². The van der Waals surface area contributed by atoms with Gasteiger partial charge in [-0.1, -0.05) is 17.6 Å². The topological polar surface area (TPSA) is 62.7 Å². The molecule has 1 aromatic carbocycles. The van der Waals surface area contributed by atoms with Crippen LogP contribution in [0.4, 0.5) is 0 Å². The average Bonchev–Trinajstić information content (AvgIpc) is 2.98. The number of hydrogen-bond acceptors (Lipinski definition) is 5. The van der Waals surface area contributed by atoms with Crippen LogP contribution in [0.5, 0.6) is 0 Å². The lowest BCUT2D eigenvalue weighted by Gasteiger charge is -2.17. The highest BCUT2D eigenvalue weighted by molar-refractivity contribution is 7.99. The van der Waals surface area contributed by atoms with E-state index in [4.69, 9.17) is 9.78 Å². The zero-order valence-corrected chi connectivity index (χ0v) is 11.2. The monoisotopic (exact) mass is 271 g/mol. The molecule has 0 radical (unpaired) electrons. The van der Waals surface area contributed by atoms with Gasteiger partial charge in [0.1, 0.15) is 0 Å². The van der Waals surface area contributed by atoms with E-state index in [0.29, 0.717) is 16.7 Å². The molecular weight excluding hydrogens is 258 g/mol. The number of nitriles is 1. The van der Waals surface area contributed by atoms with Crippen LogP contribution in [0, 0.1) is 11.3 Å². The van der Waals surface area contributed by atoms with Crippen LogP contribution in [0.1, 0.15) is 35.9 Å². The first kappa shape index (κ1) is 12.2. The molecule has 1 aliphatic rings. The molecule has 0 spiro atoms. The summed E-state index contributed by atoms with van der Waals surface area (Å²) in [6.45, 7) is 0. The average molecular weight is 271 g/mol. The normalized spacial score (nSPS) is 19.0. The van der Waals surface area contributed by atoms with Crippen molar-refractivity contribution >= 4 is 11.8 Å². The fourth-order valence-corrected chi connectivity index (χ4v) is 3.38. The van der Waals surface area contributed by atoms with E-state index in [1.165, 1.54) is 18.6 Å². The summed E-state index contributed by atoms with van der Waals surface area (Å²) in [4.78, 5) is 4.47. The van der Waals surface area contributed by atoms with Crippen LogP contribution in [-0.4, -0.2) is 15.9 Å². The van der Waals surface area contributed by atoms with E-state index in [-0.39, 0.29) is 0 Å². The summed E-state index contributed by atoms with van der Waals surface area (Å²) in [5, 5.41) is 13.3. The Morgan fingerprint density at radius 3 is 3.11 bits per heavy atom. The first-order chi connectivity index (χ1) is 9.36. The lowest BCUT2D eigenvalue weighted by atomic mass is 10.1. The summed E-state index contributed by atoms with van der Waals surface area (Å²) < 4.78 is 5.32. The molecule has 0 N–H and O–H groups in total. The zero-order chi connectivity index (χ0) is 13.1. The first-order valence-corrected chi connectivity index (χ1v) is 7.37. The van der Waals surface area contributed by atoms with Gasteiger partial charge in [-0.05, 0) is 36.8 Å². The van der Waals surface area contributed by atoms with E-state index in [1.54, 1.807) is 12.1 Å². The van der Waals surface area contributed by atoms with Gasteiger partial charge in [0.25, 0.3) is 5.89 Å². The van der Waals surface area contributed by atoms with Crippen molar-refractivity contribution in [3.05, 3.63) is 35.7 Å². The molecule has 3 rings (SSSR count). The van der Waals surface area contributed by atoms with Crippen LogP contribution in [0.2, 0.25) is 0 Å². The molecule has 1 aromatic heterocycles. The van der Waals surface area contributed by atoms with Gasteiger partial charge in [-0.25, -0.2) is 0 Å². The van der Waals surface area contributed by atoms with E-state index in [0.717, 1.165) is 17.8 Å². The van der Waals surface area contributed by atoms with Gasteiger partial charge in [-0.3, -0.25) is 0 Å². The summed E-state index contributed by atoms with van der Waals surface area (Å²) in [5.74, 6) is 2.44. The SMILES string of the molecule is N#Cc1cccc(-c2nc(C3CCCCS3)no2)c1. The molecule has 2 heterocycles. The number of nitrogens with zero attached hydrogens (tertiary/aromatic N) is 3. The molecule has 0 bridgehead atoms. The molecule has 1 aliphatic heterocycles. The number of benzene rings is 1. The van der Waals surface area contributed by atoms with Crippen molar-refractivity contribution in [3.63, 3.8) is 0 Å². The van der Waals surface area contributed by atoms with Gasteiger partial charge in [-0.2, -0.15) is 22.0 Å². The Balaban J connectivity index is 1.86. The first-order valence-electron chi connectivity index (χ1n) is 6.32. The van der Waals surface area contributed by atoms with Crippen molar-refractivity contribution < 1.29 is 4.52 Å². The van der Waals surface area contributed by atoms with Gasteiger partial charge in [0.15, 0.2) is 5.82 Å². The van der Waals surface area contributed by atoms with Crippen LogP contribution in [0.15, 0.2) is 28.8 Å². The Hall–Kier alpha value is -1.80. The van der Waals surface area contributed by atoms with Gasteiger partial charge >= 0.3 is 0 Å². The van der Waals surface area contributed by atoms with Crippen LogP contribution in [0.3, 0.4) is 0 Å². The minimum absolute atomic E-state index is 0.352. The van der Waals surface area contributed by atoms with E-state index in [9.17, 15) is 0 Å². The predicted octanol–water partition coefficient (Wildman–Crippen LogP) is 3.57. The maximum absolute atomic E-state index is 8.90. The zero-order valence-electron chi connectivity index (χ0n) is 10.4. The Morgan fingerprint density at radius 2 is 2.32 bits per heavy atom. The molecule has 0 saturated carbocycles. The molecule has 1 saturated heterocycles. The minimum atomic E-state index is 0.352. The van der Waals surface area contributed by atoms with Gasteiger partial charge in [0.05, 0.1) is 16.9 Å². The van der Waals surface area contributed by atoms with E-state index < -0.39 is 0 Å². The largest absolute Gasteiger partial charge is 0.334 e. The van der Waals surface area contributed by atoms with Crippen molar-refractivity contribution in [2.45, 2.75) is 24.5 Å². The highest BCUT2D eigenvalue weighted by atomic mass is 32.2. The summed E-state index contributed by atoms with van der Waals surface area (Å²) >= 11 is 1.90. The van der Waals surface area contributed by atoms with Crippen molar-refractivity contribution in [1.82, 2.24) is 10.1 Å². The van der Waals surface area contributed by atoms with Crippen LogP contribution < -0.4 is 0 Å². The third-order valence-electron chi connectivity index (χ3n) is 3.15. The second-order valence-corrected chi connectivity index (χ2v) is 5.82. The minimum Gasteiger partial charge on any atom is -0.334 e. The number of hydrogen-bond donors (Lipinski definition) is 0. The van der Waals surface area contributed by atoms with Crippen molar-refractivity contribution in [2.24, 2.45) is 0 Å². The van der Waals surface area contributed by atoms with Crippen LogP contribution >= 0.6 is 11.8 Å². The molecule has 19 heavy (non-hydrogen) atoms. The van der Waals surface area contributed by atoms with Gasteiger partial charge < -0.3 is 4.52 Å². The molecule has 0 aliphatic carbocycles. The van der Waals surface area contributed by atoms with E-state index >= 15 is 0 Å². The number of aromatic nitrogens is 2. The third kappa shape index (κ3) is 2.64. The predicted molar refractivity (Wildman–Crippen MR) is 73.5 cm³/mol. The molecule has 5 heteroatoms. The van der Waals surface area contributed by atoms with Gasteiger partial charge in [0, 0.05) is 5.56 Å². The molecule has 4 nitrogen and oxygen atoms in total. The third-order valence-corrected chi connectivity index (χ3v) is 4.52. The maximum Gasteiger partial charge on any atom is 0.258 e. The summed E-state index contributed by atoms with van der Waals surface area (Å²) in [6, 6.07) is 9.35. The lowest BCUT2D eigenvalue weighted by molar-refractivity contribution is 0.420. The summed E-state index contributed by atoms with van der Waals surface area (Å²) in [7, 11) is 0. The van der Waals surface area contributed by atoms with E-state index in [1.807, 2.05) is 23.9 Å². The smallest absolute Gasteiger partial charge is 0.258 e. The lowest BCUT2D eigenvalue weighted by Crippen LogP contribution is -2.03. The highest BCUT2D eigenvalue weighted by Gasteiger charge is 2.21. The number of rotatable bonds is 2. The second-order valence-electron chi connectivity index (χ2n) is 4.51. The molecular formula is C14H13N3OS. The Kier molecular flexibility index (Phi) is 3.51. The van der Waals surface area contributed by atoms with Crippen LogP contribution in [-0.2, 0) is 0 Å². The fraction of sp³-hybridized carbons (Fsp3) is 0.357. The summed E-state index contributed by atoms with van der Waals surface area (Å²) in [5.41, 5.74) is 1.41.